The van der Waals surface area contributed by atoms with E-state index in [9.17, 15) is 8.78 Å². The van der Waals surface area contributed by atoms with Crippen LogP contribution in [0.3, 0.4) is 0 Å². The maximum absolute atomic E-state index is 13.6. The first-order chi connectivity index (χ1) is 23.0. The first-order valence-electron chi connectivity index (χ1n) is 16.1. The summed E-state index contributed by atoms with van der Waals surface area (Å²) in [6, 6.07) is 15.2. The van der Waals surface area contributed by atoms with E-state index in [0.29, 0.717) is 46.0 Å². The molecule has 1 saturated carbocycles. The second-order valence-corrected chi connectivity index (χ2v) is 14.3. The van der Waals surface area contributed by atoms with E-state index in [1.807, 2.05) is 13.8 Å². The van der Waals surface area contributed by atoms with Gasteiger partial charge in [0.1, 0.15) is 28.1 Å². The smallest absolute Gasteiger partial charge is 0.321 e. The highest BCUT2D eigenvalue weighted by Crippen LogP contribution is 2.45. The van der Waals surface area contributed by atoms with Gasteiger partial charge in [0.2, 0.25) is 4.73 Å². The third-order valence-corrected chi connectivity index (χ3v) is 9.86. The number of aryl methyl sites for hydroxylation is 1. The molecule has 1 saturated heterocycles. The SMILES string of the molecule is CC(C)n1nc(Br)nc1Oc1cccc(F)c1.Cc1cc(N2C[C@H]3CC[C@@H](C2)C3Cc2nc(Oc3cccc(F)c3)n(C(C)C)n2)sn1. The first-order valence-corrected chi connectivity index (χ1v) is 17.7. The normalized spacial score (nSPS) is 18.7. The number of nitrogens with zero attached hydrogens (tertiary/aromatic N) is 8. The lowest BCUT2D eigenvalue weighted by atomic mass is 9.82. The van der Waals surface area contributed by atoms with Crippen molar-refractivity contribution in [3.8, 4) is 23.5 Å². The third kappa shape index (κ3) is 8.03. The Labute approximate surface area is 291 Å². The molecular weight excluding hydrogens is 702 g/mol. The van der Waals surface area contributed by atoms with E-state index in [-0.39, 0.29) is 23.7 Å². The van der Waals surface area contributed by atoms with Gasteiger partial charge < -0.3 is 14.4 Å². The molecule has 2 aromatic carbocycles. The quantitative estimate of drug-likeness (QED) is 0.148. The minimum atomic E-state index is -0.350. The zero-order valence-corrected chi connectivity index (χ0v) is 30.0. The molecule has 7 rings (SSSR count). The number of anilines is 1. The van der Waals surface area contributed by atoms with Crippen molar-refractivity contribution in [2.75, 3.05) is 18.0 Å². The van der Waals surface area contributed by atoms with Crippen molar-refractivity contribution in [1.29, 1.82) is 0 Å². The van der Waals surface area contributed by atoms with Crippen LogP contribution >= 0.6 is 27.5 Å². The molecule has 5 aromatic rings. The highest BCUT2D eigenvalue weighted by atomic mass is 79.9. The second-order valence-electron chi connectivity index (χ2n) is 12.8. The molecular formula is C34H39BrF2N8O2S. The zero-order valence-electron chi connectivity index (χ0n) is 27.6. The van der Waals surface area contributed by atoms with Crippen LogP contribution in [-0.2, 0) is 6.42 Å². The van der Waals surface area contributed by atoms with Gasteiger partial charge in [0.15, 0.2) is 5.82 Å². The van der Waals surface area contributed by atoms with E-state index in [2.05, 4.69) is 62.1 Å². The summed E-state index contributed by atoms with van der Waals surface area (Å²) in [6.45, 7) is 12.2. The molecule has 0 N–H and O–H groups in total. The molecule has 0 radical (unpaired) electrons. The van der Waals surface area contributed by atoms with Crippen molar-refractivity contribution >= 4 is 32.5 Å². The summed E-state index contributed by atoms with van der Waals surface area (Å²) < 4.78 is 46.3. The molecule has 0 spiro atoms. The van der Waals surface area contributed by atoms with Gasteiger partial charge in [-0.25, -0.2) is 18.1 Å². The average Bonchev–Trinajstić information content (AvgIpc) is 3.79. The third-order valence-electron chi connectivity index (χ3n) is 8.58. The fourth-order valence-corrected chi connectivity index (χ4v) is 7.46. The maximum Gasteiger partial charge on any atom is 0.321 e. The largest absolute Gasteiger partial charge is 0.424 e. The topological polar surface area (TPSA) is 96.0 Å². The van der Waals surface area contributed by atoms with Gasteiger partial charge in [-0.15, -0.1) is 5.10 Å². The Hall–Kier alpha value is -3.91. The van der Waals surface area contributed by atoms with Crippen LogP contribution in [0.1, 0.15) is 64.1 Å². The molecule has 48 heavy (non-hydrogen) atoms. The summed E-state index contributed by atoms with van der Waals surface area (Å²) in [7, 11) is 0. The van der Waals surface area contributed by atoms with E-state index < -0.39 is 0 Å². The van der Waals surface area contributed by atoms with Gasteiger partial charge in [-0.3, -0.25) is 0 Å². The summed E-state index contributed by atoms with van der Waals surface area (Å²) in [5, 5.41) is 10.2. The summed E-state index contributed by atoms with van der Waals surface area (Å²) in [4.78, 5) is 11.3. The van der Waals surface area contributed by atoms with Crippen molar-refractivity contribution in [2.45, 2.75) is 66.0 Å². The van der Waals surface area contributed by atoms with Crippen molar-refractivity contribution < 1.29 is 18.3 Å². The molecule has 0 amide bonds. The van der Waals surface area contributed by atoms with Crippen LogP contribution in [0, 0.1) is 36.3 Å². The highest BCUT2D eigenvalue weighted by molar-refractivity contribution is 9.10. The van der Waals surface area contributed by atoms with E-state index >= 15 is 0 Å². The Morgan fingerprint density at radius 3 is 1.92 bits per heavy atom. The van der Waals surface area contributed by atoms with Gasteiger partial charge >= 0.3 is 12.0 Å². The van der Waals surface area contributed by atoms with Crippen molar-refractivity contribution in [2.24, 2.45) is 17.8 Å². The molecule has 3 atom stereocenters. The van der Waals surface area contributed by atoms with Crippen molar-refractivity contribution in [1.82, 2.24) is 33.9 Å². The van der Waals surface area contributed by atoms with Gasteiger partial charge in [-0.2, -0.15) is 19.4 Å². The number of benzene rings is 2. The monoisotopic (exact) mass is 740 g/mol. The number of fused-ring (bicyclic) bond motifs is 2. The Bertz CT molecular complexity index is 1830. The number of ether oxygens (including phenoxy) is 2. The molecule has 4 heterocycles. The predicted molar refractivity (Wildman–Crippen MR) is 184 cm³/mol. The molecule has 2 fully saturated rings. The standard InChI is InChI=1S/C23H28FN5OS.C11H11BrFN3O/c1-14(2)29-23(30-19-6-4-5-18(24)10-19)25-21(26-29)11-20-16-7-8-17(20)13-28(12-16)22-9-15(3)27-31-22;1-7(2)16-11(14-10(12)15-16)17-9-5-3-4-8(13)6-9/h4-6,9-10,14,16-17,20H,7-8,11-13H2,1-3H3;3-7H,1-2H3/t16-,17+,20?;. The minimum Gasteiger partial charge on any atom is -0.424 e. The molecule has 254 valence electrons. The number of halogens is 3. The summed E-state index contributed by atoms with van der Waals surface area (Å²) in [6.07, 6.45) is 3.40. The number of aromatic nitrogens is 7. The fraction of sp³-hybridized carbons (Fsp3) is 0.441. The van der Waals surface area contributed by atoms with Gasteiger partial charge in [-0.05, 0) is 123 Å². The minimum absolute atomic E-state index is 0.109. The first kappa shape index (κ1) is 34.0. The molecule has 3 aromatic heterocycles. The molecule has 1 aliphatic carbocycles. The van der Waals surface area contributed by atoms with E-state index in [4.69, 9.17) is 19.6 Å². The van der Waals surface area contributed by atoms with Gasteiger partial charge in [0, 0.05) is 31.6 Å². The molecule has 2 aliphatic rings. The van der Waals surface area contributed by atoms with Gasteiger partial charge in [0.25, 0.3) is 0 Å². The summed E-state index contributed by atoms with van der Waals surface area (Å²) in [5.74, 6) is 2.88. The Kier molecular flexibility index (Phi) is 10.4. The molecule has 1 aliphatic heterocycles. The lowest BCUT2D eigenvalue weighted by Gasteiger charge is -2.38. The molecule has 1 unspecified atom stereocenters. The second kappa shape index (κ2) is 14.7. The van der Waals surface area contributed by atoms with Gasteiger partial charge in [0.05, 0.1) is 17.8 Å². The van der Waals surface area contributed by atoms with Crippen LogP contribution in [-0.4, -0.2) is 47.0 Å². The summed E-state index contributed by atoms with van der Waals surface area (Å²) >= 11 is 4.79. The molecule has 10 nitrogen and oxygen atoms in total. The van der Waals surface area contributed by atoms with Crippen LogP contribution in [0.4, 0.5) is 13.8 Å². The lowest BCUT2D eigenvalue weighted by molar-refractivity contribution is 0.266. The maximum atomic E-state index is 13.6. The van der Waals surface area contributed by atoms with Crippen LogP contribution in [0.25, 0.3) is 0 Å². The number of rotatable bonds is 9. The van der Waals surface area contributed by atoms with Gasteiger partial charge in [-0.1, -0.05) is 12.1 Å². The number of hydrogen-bond donors (Lipinski definition) is 0. The van der Waals surface area contributed by atoms with Crippen LogP contribution < -0.4 is 14.4 Å². The highest BCUT2D eigenvalue weighted by Gasteiger charge is 2.43. The fourth-order valence-electron chi connectivity index (χ4n) is 6.36. The van der Waals surface area contributed by atoms with E-state index in [1.54, 1.807) is 45.2 Å². The molecule has 2 bridgehead atoms. The lowest BCUT2D eigenvalue weighted by Crippen LogP contribution is -2.42. The van der Waals surface area contributed by atoms with Crippen molar-refractivity contribution in [3.63, 3.8) is 0 Å². The van der Waals surface area contributed by atoms with Crippen LogP contribution in [0.15, 0.2) is 59.3 Å². The van der Waals surface area contributed by atoms with E-state index in [0.717, 1.165) is 31.0 Å². The number of piperidine rings is 1. The molecule has 14 heteroatoms. The Balaban J connectivity index is 0.000000200. The average molecular weight is 742 g/mol. The zero-order chi connectivity index (χ0) is 33.9. The van der Waals surface area contributed by atoms with Crippen LogP contribution in [0.5, 0.6) is 23.5 Å². The predicted octanol–water partition coefficient (Wildman–Crippen LogP) is 8.81. The Morgan fingerprint density at radius 2 is 1.40 bits per heavy atom. The van der Waals surface area contributed by atoms with Crippen molar-refractivity contribution in [3.05, 3.63) is 82.5 Å². The summed E-state index contributed by atoms with van der Waals surface area (Å²) in [5.41, 5.74) is 1.10. The Morgan fingerprint density at radius 1 is 0.833 bits per heavy atom. The van der Waals surface area contributed by atoms with Crippen LogP contribution in [0.2, 0.25) is 0 Å². The van der Waals surface area contributed by atoms with E-state index in [1.165, 1.54) is 42.1 Å². The number of hydrogen-bond acceptors (Lipinski definition) is 9.